The Balaban J connectivity index is 1.87. The maximum Gasteiger partial charge on any atom is 0.262 e. The molecular weight excluding hydrogens is 322 g/mol. The molecular formula is C14H13N3O5S. The van der Waals surface area contributed by atoms with Gasteiger partial charge in [-0.2, -0.15) is 0 Å². The van der Waals surface area contributed by atoms with E-state index in [0.29, 0.717) is 23.0 Å². The van der Waals surface area contributed by atoms with E-state index >= 15 is 0 Å². The monoisotopic (exact) mass is 335 g/mol. The van der Waals surface area contributed by atoms with Crippen LogP contribution >= 0.6 is 0 Å². The number of hydrogen-bond donors (Lipinski definition) is 2. The Bertz CT molecular complexity index is 849. The first-order valence-electron chi connectivity index (χ1n) is 6.57. The number of aromatic nitrogens is 1. The zero-order chi connectivity index (χ0) is 16.4. The van der Waals surface area contributed by atoms with Crippen LogP contribution in [0.3, 0.4) is 0 Å². The van der Waals surface area contributed by atoms with Crippen molar-refractivity contribution in [1.29, 1.82) is 0 Å². The summed E-state index contributed by atoms with van der Waals surface area (Å²) in [6, 6.07) is 7.31. The number of amides is 1. The zero-order valence-corrected chi connectivity index (χ0v) is 12.9. The molecule has 120 valence electrons. The van der Waals surface area contributed by atoms with Crippen LogP contribution in [-0.2, 0) is 14.8 Å². The molecule has 9 heteroatoms. The third-order valence-electron chi connectivity index (χ3n) is 3.09. The molecule has 1 aliphatic heterocycles. The molecule has 0 radical (unpaired) electrons. The molecule has 0 unspecified atom stereocenters. The second-order valence-corrected chi connectivity index (χ2v) is 6.37. The Morgan fingerprint density at radius 2 is 2.13 bits per heavy atom. The van der Waals surface area contributed by atoms with Gasteiger partial charge in [-0.1, -0.05) is 0 Å². The lowest BCUT2D eigenvalue weighted by Crippen LogP contribution is -2.25. The topological polar surface area (TPSA) is 107 Å². The molecule has 2 heterocycles. The molecule has 0 saturated heterocycles. The average molecular weight is 335 g/mol. The van der Waals surface area contributed by atoms with Crippen molar-refractivity contribution in [2.45, 2.75) is 4.90 Å². The number of benzene rings is 1. The summed E-state index contributed by atoms with van der Waals surface area (Å²) in [5.41, 5.74) is 0.612. The van der Waals surface area contributed by atoms with Gasteiger partial charge in [-0.05, 0) is 24.3 Å². The average Bonchev–Trinajstić information content (AvgIpc) is 2.54. The molecule has 3 rings (SSSR count). The summed E-state index contributed by atoms with van der Waals surface area (Å²) in [7, 11) is -2.35. The van der Waals surface area contributed by atoms with Crippen LogP contribution in [-0.4, -0.2) is 33.0 Å². The van der Waals surface area contributed by atoms with Crippen molar-refractivity contribution in [2.24, 2.45) is 0 Å². The van der Waals surface area contributed by atoms with Gasteiger partial charge in [0.1, 0.15) is 5.75 Å². The van der Waals surface area contributed by atoms with Crippen LogP contribution in [0.25, 0.3) is 0 Å². The van der Waals surface area contributed by atoms with Crippen molar-refractivity contribution in [3.63, 3.8) is 0 Å². The first kappa shape index (κ1) is 15.1. The standard InChI is InChI=1S/C14H13N3O5S/c1-21-14-5-2-9(7-15-14)17-23(19,20)10-3-4-12-11(6-10)16-13(18)8-22-12/h2-7,17H,8H2,1H3,(H,16,18). The second-order valence-electron chi connectivity index (χ2n) is 4.69. The van der Waals surface area contributed by atoms with Crippen molar-refractivity contribution in [2.75, 3.05) is 23.8 Å². The van der Waals surface area contributed by atoms with Gasteiger partial charge in [-0.25, -0.2) is 13.4 Å². The lowest BCUT2D eigenvalue weighted by molar-refractivity contribution is -0.118. The van der Waals surface area contributed by atoms with E-state index in [1.165, 1.54) is 37.6 Å². The number of nitrogens with zero attached hydrogens (tertiary/aromatic N) is 1. The Morgan fingerprint density at radius 3 is 2.83 bits per heavy atom. The summed E-state index contributed by atoms with van der Waals surface area (Å²) in [4.78, 5) is 15.2. The van der Waals surface area contributed by atoms with Crippen molar-refractivity contribution in [3.05, 3.63) is 36.5 Å². The highest BCUT2D eigenvalue weighted by Crippen LogP contribution is 2.30. The summed E-state index contributed by atoms with van der Waals surface area (Å²) < 4.78 is 37.3. The first-order valence-corrected chi connectivity index (χ1v) is 8.06. The Hall–Kier alpha value is -2.81. The molecule has 2 N–H and O–H groups in total. The number of carbonyl (C=O) groups is 1. The number of methoxy groups -OCH3 is 1. The summed E-state index contributed by atoms with van der Waals surface area (Å²) in [6.45, 7) is -0.0884. The van der Waals surface area contributed by atoms with E-state index < -0.39 is 10.0 Å². The Morgan fingerprint density at radius 1 is 1.30 bits per heavy atom. The SMILES string of the molecule is COc1ccc(NS(=O)(=O)c2ccc3c(c2)NC(=O)CO3)cn1. The van der Waals surface area contributed by atoms with E-state index in [9.17, 15) is 13.2 Å². The lowest BCUT2D eigenvalue weighted by Gasteiger charge is -2.18. The number of nitrogens with one attached hydrogen (secondary N) is 2. The van der Waals surface area contributed by atoms with Crippen LogP contribution in [0.5, 0.6) is 11.6 Å². The van der Waals surface area contributed by atoms with Gasteiger partial charge in [0.2, 0.25) is 5.88 Å². The summed E-state index contributed by atoms with van der Waals surface area (Å²) >= 11 is 0. The van der Waals surface area contributed by atoms with Crippen molar-refractivity contribution >= 4 is 27.3 Å². The highest BCUT2D eigenvalue weighted by molar-refractivity contribution is 7.92. The van der Waals surface area contributed by atoms with Crippen LogP contribution in [0.1, 0.15) is 0 Å². The fraction of sp³-hybridized carbons (Fsp3) is 0.143. The third kappa shape index (κ3) is 3.19. The zero-order valence-electron chi connectivity index (χ0n) is 12.1. The molecule has 23 heavy (non-hydrogen) atoms. The second kappa shape index (κ2) is 5.76. The van der Waals surface area contributed by atoms with Gasteiger partial charge in [-0.15, -0.1) is 0 Å². The largest absolute Gasteiger partial charge is 0.482 e. The number of fused-ring (bicyclic) bond motifs is 1. The predicted molar refractivity (Wildman–Crippen MR) is 82.2 cm³/mol. The Labute approximate surface area is 132 Å². The Kier molecular flexibility index (Phi) is 3.78. The molecule has 1 amide bonds. The van der Waals surface area contributed by atoms with Crippen LogP contribution in [0.2, 0.25) is 0 Å². The van der Waals surface area contributed by atoms with Gasteiger partial charge in [0.15, 0.2) is 6.61 Å². The first-order chi connectivity index (χ1) is 11.0. The van der Waals surface area contributed by atoms with E-state index in [4.69, 9.17) is 9.47 Å². The van der Waals surface area contributed by atoms with Gasteiger partial charge in [0.05, 0.1) is 29.6 Å². The molecule has 8 nitrogen and oxygen atoms in total. The minimum absolute atomic E-state index is 0.00197. The van der Waals surface area contributed by atoms with Crippen LogP contribution < -0.4 is 19.5 Å². The number of hydrogen-bond acceptors (Lipinski definition) is 6. The molecule has 0 aliphatic carbocycles. The quantitative estimate of drug-likeness (QED) is 0.870. The molecule has 0 atom stereocenters. The number of ether oxygens (including phenoxy) is 2. The number of carbonyl (C=O) groups excluding carboxylic acids is 1. The van der Waals surface area contributed by atoms with E-state index in [-0.39, 0.29) is 17.4 Å². The fourth-order valence-electron chi connectivity index (χ4n) is 2.00. The maximum atomic E-state index is 12.4. The van der Waals surface area contributed by atoms with Crippen molar-refractivity contribution in [1.82, 2.24) is 4.98 Å². The predicted octanol–water partition coefficient (Wildman–Crippen LogP) is 1.22. The van der Waals surface area contributed by atoms with Crippen molar-refractivity contribution in [3.8, 4) is 11.6 Å². The van der Waals surface area contributed by atoms with Gasteiger partial charge >= 0.3 is 0 Å². The molecule has 1 aliphatic rings. The normalized spacial score (nSPS) is 13.5. The van der Waals surface area contributed by atoms with E-state index in [2.05, 4.69) is 15.0 Å². The van der Waals surface area contributed by atoms with E-state index in [1.54, 1.807) is 6.07 Å². The maximum absolute atomic E-state index is 12.4. The molecule has 0 spiro atoms. The molecule has 1 aromatic heterocycles. The number of rotatable bonds is 4. The smallest absolute Gasteiger partial charge is 0.262 e. The van der Waals surface area contributed by atoms with Crippen molar-refractivity contribution < 1.29 is 22.7 Å². The van der Waals surface area contributed by atoms with Crippen LogP contribution in [0.15, 0.2) is 41.4 Å². The number of pyridine rings is 1. The molecule has 0 bridgehead atoms. The van der Waals surface area contributed by atoms with Gasteiger partial charge in [0, 0.05) is 6.07 Å². The summed E-state index contributed by atoms with van der Waals surface area (Å²) in [6.07, 6.45) is 1.35. The van der Waals surface area contributed by atoms with Crippen LogP contribution in [0.4, 0.5) is 11.4 Å². The third-order valence-corrected chi connectivity index (χ3v) is 4.47. The van der Waals surface area contributed by atoms with Gasteiger partial charge in [-0.3, -0.25) is 9.52 Å². The van der Waals surface area contributed by atoms with Crippen LogP contribution in [0, 0.1) is 0 Å². The van der Waals surface area contributed by atoms with Gasteiger partial charge in [0.25, 0.3) is 15.9 Å². The van der Waals surface area contributed by atoms with E-state index in [0.717, 1.165) is 0 Å². The van der Waals surface area contributed by atoms with Gasteiger partial charge < -0.3 is 14.8 Å². The molecule has 1 aromatic carbocycles. The number of sulfonamides is 1. The molecule has 2 aromatic rings. The minimum atomic E-state index is -3.82. The van der Waals surface area contributed by atoms with E-state index in [1.807, 2.05) is 0 Å². The highest BCUT2D eigenvalue weighted by Gasteiger charge is 2.21. The minimum Gasteiger partial charge on any atom is -0.482 e. The summed E-state index contributed by atoms with van der Waals surface area (Å²) in [5, 5.41) is 2.57. The summed E-state index contributed by atoms with van der Waals surface area (Å²) in [5.74, 6) is 0.468. The number of anilines is 2. The molecule has 0 fully saturated rings. The lowest BCUT2D eigenvalue weighted by atomic mass is 10.2. The fourth-order valence-corrected chi connectivity index (χ4v) is 3.07. The highest BCUT2D eigenvalue weighted by atomic mass is 32.2. The molecule has 0 saturated carbocycles.